The van der Waals surface area contributed by atoms with E-state index in [9.17, 15) is 4.79 Å². The molecule has 1 amide bonds. The van der Waals surface area contributed by atoms with Crippen molar-refractivity contribution in [3.63, 3.8) is 0 Å². The summed E-state index contributed by atoms with van der Waals surface area (Å²) in [5.74, 6) is 0.287. The smallest absolute Gasteiger partial charge is 0.234 e. The molecule has 2 aromatic carbocycles. The quantitative estimate of drug-likeness (QED) is 0.694. The number of para-hydroxylation sites is 3. The number of aromatic nitrogens is 2. The third-order valence-electron chi connectivity index (χ3n) is 3.09. The molecule has 0 spiro atoms. The van der Waals surface area contributed by atoms with Crippen LogP contribution in [0, 0.1) is 0 Å². The first kappa shape index (κ1) is 15.0. The van der Waals surface area contributed by atoms with Gasteiger partial charge in [-0.1, -0.05) is 36.0 Å². The molecule has 0 fully saturated rings. The molecule has 2 N–H and O–H groups in total. The summed E-state index contributed by atoms with van der Waals surface area (Å²) in [6, 6.07) is 15.6. The molecule has 6 heteroatoms. The number of carbonyl (C=O) groups is 1. The normalized spacial score (nSPS) is 10.8. The molecule has 0 saturated heterocycles. The largest absolute Gasteiger partial charge is 0.333 e. The van der Waals surface area contributed by atoms with E-state index >= 15 is 0 Å². The van der Waals surface area contributed by atoms with Crippen LogP contribution in [0.2, 0.25) is 0 Å². The third kappa shape index (κ3) is 3.45. The minimum Gasteiger partial charge on any atom is -0.333 e. The van der Waals surface area contributed by atoms with E-state index in [4.69, 9.17) is 0 Å². The van der Waals surface area contributed by atoms with Crippen LogP contribution in [0.15, 0.2) is 58.6 Å². The molecular weight excluding hydrogens is 314 g/mol. The lowest BCUT2D eigenvalue weighted by atomic mass is 10.3. The molecule has 112 valence electrons. The van der Waals surface area contributed by atoms with Crippen LogP contribution in [0.4, 0.5) is 5.69 Å². The van der Waals surface area contributed by atoms with Crippen molar-refractivity contribution in [2.45, 2.75) is 10.1 Å². The van der Waals surface area contributed by atoms with E-state index in [1.165, 1.54) is 11.8 Å². The van der Waals surface area contributed by atoms with Crippen molar-refractivity contribution in [3.05, 3.63) is 48.5 Å². The van der Waals surface area contributed by atoms with Gasteiger partial charge in [0.05, 0.1) is 22.5 Å². The number of benzene rings is 2. The van der Waals surface area contributed by atoms with Crippen LogP contribution in [0.5, 0.6) is 0 Å². The number of nitrogens with zero attached hydrogens (tertiary/aromatic N) is 1. The lowest BCUT2D eigenvalue weighted by Gasteiger charge is -2.08. The van der Waals surface area contributed by atoms with Gasteiger partial charge in [0.2, 0.25) is 5.91 Å². The number of H-pyrrole nitrogens is 1. The summed E-state index contributed by atoms with van der Waals surface area (Å²) in [5.41, 5.74) is 2.75. The highest BCUT2D eigenvalue weighted by Crippen LogP contribution is 2.25. The van der Waals surface area contributed by atoms with Crippen LogP contribution in [0.25, 0.3) is 11.0 Å². The Morgan fingerprint density at radius 1 is 1.18 bits per heavy atom. The standard InChI is InChI=1S/C16H15N3OS2/c1-21-14-9-5-4-8-13(14)17-15(20)10-22-16-18-11-6-2-3-7-12(11)19-16/h2-9H,10H2,1H3,(H,17,20)(H,18,19). The van der Waals surface area contributed by atoms with Crippen molar-refractivity contribution in [1.82, 2.24) is 9.97 Å². The number of nitrogens with one attached hydrogen (secondary N) is 2. The fourth-order valence-corrected chi connectivity index (χ4v) is 3.30. The van der Waals surface area contributed by atoms with Gasteiger partial charge in [-0.2, -0.15) is 0 Å². The van der Waals surface area contributed by atoms with Gasteiger partial charge in [-0.15, -0.1) is 11.8 Å². The maximum atomic E-state index is 12.1. The Labute approximate surface area is 137 Å². The van der Waals surface area contributed by atoms with Gasteiger partial charge in [0.25, 0.3) is 0 Å². The fourth-order valence-electron chi connectivity index (χ4n) is 2.07. The highest BCUT2D eigenvalue weighted by Gasteiger charge is 2.09. The summed E-state index contributed by atoms with van der Waals surface area (Å²) in [6.07, 6.45) is 1.99. The molecule has 0 unspecified atom stereocenters. The lowest BCUT2D eigenvalue weighted by Crippen LogP contribution is -2.14. The van der Waals surface area contributed by atoms with E-state index in [0.29, 0.717) is 5.75 Å². The number of amides is 1. The number of hydrogen-bond acceptors (Lipinski definition) is 4. The lowest BCUT2D eigenvalue weighted by molar-refractivity contribution is -0.113. The highest BCUT2D eigenvalue weighted by atomic mass is 32.2. The Hall–Kier alpha value is -1.92. The maximum absolute atomic E-state index is 12.1. The first-order valence-corrected chi connectivity index (χ1v) is 8.98. The van der Waals surface area contributed by atoms with Crippen molar-refractivity contribution in [1.29, 1.82) is 0 Å². The molecule has 1 aromatic heterocycles. The van der Waals surface area contributed by atoms with Crippen LogP contribution in [0.1, 0.15) is 0 Å². The number of carbonyl (C=O) groups excluding carboxylic acids is 1. The van der Waals surface area contributed by atoms with Gasteiger partial charge < -0.3 is 10.3 Å². The van der Waals surface area contributed by atoms with Crippen LogP contribution in [-0.4, -0.2) is 27.9 Å². The molecule has 3 aromatic rings. The number of rotatable bonds is 5. The van der Waals surface area contributed by atoms with Crippen LogP contribution in [0.3, 0.4) is 0 Å². The van der Waals surface area contributed by atoms with E-state index in [0.717, 1.165) is 26.8 Å². The van der Waals surface area contributed by atoms with Gasteiger partial charge in [0, 0.05) is 4.90 Å². The average Bonchev–Trinajstić information content (AvgIpc) is 2.96. The monoisotopic (exact) mass is 329 g/mol. The maximum Gasteiger partial charge on any atom is 0.234 e. The van der Waals surface area contributed by atoms with Crippen LogP contribution >= 0.6 is 23.5 Å². The summed E-state index contributed by atoms with van der Waals surface area (Å²) < 4.78 is 0. The molecule has 0 aliphatic rings. The van der Waals surface area contributed by atoms with E-state index in [1.54, 1.807) is 11.8 Å². The molecule has 3 rings (SSSR count). The molecular formula is C16H15N3OS2. The Balaban J connectivity index is 1.62. The van der Waals surface area contributed by atoms with E-state index in [-0.39, 0.29) is 5.91 Å². The van der Waals surface area contributed by atoms with Gasteiger partial charge in [-0.3, -0.25) is 4.79 Å². The Morgan fingerprint density at radius 2 is 1.95 bits per heavy atom. The number of anilines is 1. The van der Waals surface area contributed by atoms with Crippen LogP contribution < -0.4 is 5.32 Å². The predicted octanol–water partition coefficient (Wildman–Crippen LogP) is 4.02. The first-order chi connectivity index (χ1) is 10.8. The molecule has 4 nitrogen and oxygen atoms in total. The van der Waals surface area contributed by atoms with E-state index < -0.39 is 0 Å². The van der Waals surface area contributed by atoms with E-state index in [2.05, 4.69) is 15.3 Å². The SMILES string of the molecule is CSc1ccccc1NC(=O)CSc1nc2ccccc2[nH]1. The van der Waals surface area contributed by atoms with E-state index in [1.807, 2.05) is 54.8 Å². The zero-order valence-electron chi connectivity index (χ0n) is 12.0. The fraction of sp³-hybridized carbons (Fsp3) is 0.125. The minimum atomic E-state index is -0.0352. The molecule has 1 heterocycles. The minimum absolute atomic E-state index is 0.0352. The number of fused-ring (bicyclic) bond motifs is 1. The first-order valence-electron chi connectivity index (χ1n) is 6.76. The van der Waals surface area contributed by atoms with Crippen molar-refractivity contribution >= 4 is 46.2 Å². The second kappa shape index (κ2) is 6.89. The van der Waals surface area contributed by atoms with Gasteiger partial charge in [0.1, 0.15) is 0 Å². The van der Waals surface area contributed by atoms with Gasteiger partial charge in [0.15, 0.2) is 5.16 Å². The summed E-state index contributed by atoms with van der Waals surface area (Å²) >= 11 is 3.02. The molecule has 0 bridgehead atoms. The Morgan fingerprint density at radius 3 is 2.77 bits per heavy atom. The number of aromatic amines is 1. The van der Waals surface area contributed by atoms with Crippen molar-refractivity contribution in [3.8, 4) is 0 Å². The molecule has 22 heavy (non-hydrogen) atoms. The molecule has 0 aliphatic heterocycles. The number of hydrogen-bond donors (Lipinski definition) is 2. The third-order valence-corrected chi connectivity index (χ3v) is 4.76. The molecule has 0 atom stereocenters. The number of imidazole rings is 1. The van der Waals surface area contributed by atoms with Gasteiger partial charge >= 0.3 is 0 Å². The van der Waals surface area contributed by atoms with Gasteiger partial charge in [-0.25, -0.2) is 4.98 Å². The second-order valence-corrected chi connectivity index (χ2v) is 6.41. The Kier molecular flexibility index (Phi) is 4.70. The topological polar surface area (TPSA) is 57.8 Å². The summed E-state index contributed by atoms with van der Waals surface area (Å²) in [7, 11) is 0. The molecule has 0 radical (unpaired) electrons. The second-order valence-electron chi connectivity index (χ2n) is 4.60. The van der Waals surface area contributed by atoms with Crippen molar-refractivity contribution < 1.29 is 4.79 Å². The van der Waals surface area contributed by atoms with Crippen molar-refractivity contribution in [2.75, 3.05) is 17.3 Å². The number of thioether (sulfide) groups is 2. The van der Waals surface area contributed by atoms with Crippen LogP contribution in [-0.2, 0) is 4.79 Å². The Bertz CT molecular complexity index is 768. The van der Waals surface area contributed by atoms with Crippen molar-refractivity contribution in [2.24, 2.45) is 0 Å². The zero-order valence-corrected chi connectivity index (χ0v) is 13.6. The summed E-state index contributed by atoms with van der Waals surface area (Å²) in [6.45, 7) is 0. The molecule has 0 aliphatic carbocycles. The summed E-state index contributed by atoms with van der Waals surface area (Å²) in [4.78, 5) is 20.8. The molecule has 0 saturated carbocycles. The highest BCUT2D eigenvalue weighted by molar-refractivity contribution is 7.99. The van der Waals surface area contributed by atoms with Gasteiger partial charge in [-0.05, 0) is 30.5 Å². The zero-order chi connectivity index (χ0) is 15.4. The predicted molar refractivity (Wildman–Crippen MR) is 93.7 cm³/mol. The summed E-state index contributed by atoms with van der Waals surface area (Å²) in [5, 5.41) is 3.70. The average molecular weight is 329 g/mol.